The minimum absolute atomic E-state index is 0.0641. The normalized spacial score (nSPS) is 24.3. The number of aliphatic hydroxyl groups excluding tert-OH is 1. The molecule has 1 aliphatic heterocycles. The van der Waals surface area contributed by atoms with Crippen molar-refractivity contribution in [3.8, 4) is 0 Å². The number of nitrogens with zero attached hydrogens (tertiary/aromatic N) is 3. The smallest absolute Gasteiger partial charge is 0.0940 e. The average Bonchev–Trinajstić information content (AvgIpc) is 2.70. The van der Waals surface area contributed by atoms with Gasteiger partial charge in [0, 0.05) is 25.8 Å². The third-order valence-corrected chi connectivity index (χ3v) is 3.05. The third kappa shape index (κ3) is 3.44. The van der Waals surface area contributed by atoms with Gasteiger partial charge in [-0.05, 0) is 13.8 Å². The molecule has 1 aromatic rings. The second-order valence-corrected chi connectivity index (χ2v) is 5.45. The summed E-state index contributed by atoms with van der Waals surface area (Å²) in [7, 11) is 0. The van der Waals surface area contributed by atoms with Gasteiger partial charge < -0.3 is 15.6 Å². The van der Waals surface area contributed by atoms with Crippen molar-refractivity contribution < 1.29 is 9.84 Å². The predicted octanol–water partition coefficient (Wildman–Crippen LogP) is -0.0630. The van der Waals surface area contributed by atoms with Crippen LogP contribution in [-0.2, 0) is 11.3 Å². The van der Waals surface area contributed by atoms with E-state index in [1.807, 2.05) is 24.7 Å². The van der Waals surface area contributed by atoms with E-state index < -0.39 is 0 Å². The summed E-state index contributed by atoms with van der Waals surface area (Å²) in [6.07, 6.45) is 3.38. The van der Waals surface area contributed by atoms with Gasteiger partial charge in [-0.25, -0.2) is 0 Å². The van der Waals surface area contributed by atoms with Gasteiger partial charge in [-0.3, -0.25) is 9.58 Å². The Morgan fingerprint density at radius 1 is 1.56 bits per heavy atom. The molecule has 1 aromatic heterocycles. The number of hydrogen-bond acceptors (Lipinski definition) is 5. The first kappa shape index (κ1) is 13.3. The molecular weight excluding hydrogens is 232 g/mol. The highest BCUT2D eigenvalue weighted by atomic mass is 16.5. The number of aliphatic hydroxyl groups is 1. The first-order chi connectivity index (χ1) is 8.48. The molecule has 102 valence electrons. The van der Waals surface area contributed by atoms with Crippen LogP contribution < -0.4 is 5.73 Å². The van der Waals surface area contributed by atoms with E-state index in [4.69, 9.17) is 10.5 Å². The summed E-state index contributed by atoms with van der Waals surface area (Å²) >= 11 is 0. The Morgan fingerprint density at radius 3 is 2.94 bits per heavy atom. The summed E-state index contributed by atoms with van der Waals surface area (Å²) in [5.41, 5.74) is 6.10. The van der Waals surface area contributed by atoms with E-state index in [0.717, 1.165) is 26.2 Å². The lowest BCUT2D eigenvalue weighted by Crippen LogP contribution is -2.54. The lowest BCUT2D eigenvalue weighted by Gasteiger charge is -2.42. The Kier molecular flexibility index (Phi) is 3.89. The Balaban J connectivity index is 1.88. The quantitative estimate of drug-likeness (QED) is 0.787. The molecular formula is C12H22N4O2. The summed E-state index contributed by atoms with van der Waals surface area (Å²) in [4.78, 5) is 2.29. The standard InChI is InChI=1S/C12H22N4O2/c1-12(2)9-15(7-11(8-17)18-12)3-4-16-6-10(13)5-14-16/h5-6,11,17H,3-4,7-9,13H2,1-2H3. The molecule has 1 fully saturated rings. The Morgan fingerprint density at radius 2 is 2.33 bits per heavy atom. The Hall–Kier alpha value is -1.11. The molecule has 1 atom stereocenters. The zero-order valence-electron chi connectivity index (χ0n) is 11.0. The number of nitrogens with two attached hydrogens (primary N) is 1. The zero-order valence-corrected chi connectivity index (χ0v) is 11.0. The number of anilines is 1. The summed E-state index contributed by atoms with van der Waals surface area (Å²) in [6.45, 7) is 7.46. The molecule has 18 heavy (non-hydrogen) atoms. The van der Waals surface area contributed by atoms with Crippen LogP contribution in [0.25, 0.3) is 0 Å². The van der Waals surface area contributed by atoms with Crippen molar-refractivity contribution in [2.45, 2.75) is 32.1 Å². The van der Waals surface area contributed by atoms with Gasteiger partial charge in [0.1, 0.15) is 0 Å². The fraction of sp³-hybridized carbons (Fsp3) is 0.750. The summed E-state index contributed by atoms with van der Waals surface area (Å²) in [5.74, 6) is 0. The van der Waals surface area contributed by atoms with E-state index in [2.05, 4.69) is 10.00 Å². The van der Waals surface area contributed by atoms with Gasteiger partial charge in [0.05, 0.1) is 36.7 Å². The molecule has 2 rings (SSSR count). The van der Waals surface area contributed by atoms with Gasteiger partial charge in [-0.1, -0.05) is 0 Å². The number of aromatic nitrogens is 2. The number of ether oxygens (including phenoxy) is 1. The van der Waals surface area contributed by atoms with Crippen LogP contribution in [0, 0.1) is 0 Å². The largest absolute Gasteiger partial charge is 0.396 e. The van der Waals surface area contributed by atoms with E-state index >= 15 is 0 Å². The van der Waals surface area contributed by atoms with Crippen LogP contribution in [0.1, 0.15) is 13.8 Å². The molecule has 1 aliphatic rings. The maximum Gasteiger partial charge on any atom is 0.0940 e. The van der Waals surface area contributed by atoms with Gasteiger partial charge in [-0.2, -0.15) is 5.10 Å². The van der Waals surface area contributed by atoms with Crippen molar-refractivity contribution >= 4 is 5.69 Å². The van der Waals surface area contributed by atoms with Gasteiger partial charge in [0.25, 0.3) is 0 Å². The first-order valence-corrected chi connectivity index (χ1v) is 6.27. The highest BCUT2D eigenvalue weighted by molar-refractivity contribution is 5.30. The zero-order chi connectivity index (χ0) is 13.2. The van der Waals surface area contributed by atoms with Crippen LogP contribution in [0.5, 0.6) is 0 Å². The van der Waals surface area contributed by atoms with Crippen molar-refractivity contribution in [1.82, 2.24) is 14.7 Å². The van der Waals surface area contributed by atoms with Crippen molar-refractivity contribution in [1.29, 1.82) is 0 Å². The molecule has 1 unspecified atom stereocenters. The molecule has 0 aliphatic carbocycles. The Bertz CT molecular complexity index is 391. The van der Waals surface area contributed by atoms with Crippen LogP contribution in [0.2, 0.25) is 0 Å². The van der Waals surface area contributed by atoms with Crippen LogP contribution in [0.4, 0.5) is 5.69 Å². The van der Waals surface area contributed by atoms with Crippen molar-refractivity contribution in [2.24, 2.45) is 0 Å². The summed E-state index contributed by atoms with van der Waals surface area (Å²) in [5, 5.41) is 13.4. The highest BCUT2D eigenvalue weighted by Gasteiger charge is 2.32. The van der Waals surface area contributed by atoms with Gasteiger partial charge >= 0.3 is 0 Å². The SMILES string of the molecule is CC1(C)CN(CCn2cc(N)cn2)CC(CO)O1. The maximum absolute atomic E-state index is 9.24. The topological polar surface area (TPSA) is 76.5 Å². The fourth-order valence-corrected chi connectivity index (χ4v) is 2.43. The average molecular weight is 254 g/mol. The van der Waals surface area contributed by atoms with E-state index in [-0.39, 0.29) is 18.3 Å². The lowest BCUT2D eigenvalue weighted by molar-refractivity contribution is -0.149. The summed E-state index contributed by atoms with van der Waals surface area (Å²) in [6, 6.07) is 0. The van der Waals surface area contributed by atoms with Crippen LogP contribution in [-0.4, -0.2) is 57.7 Å². The Labute approximate surface area is 107 Å². The van der Waals surface area contributed by atoms with Crippen molar-refractivity contribution in [3.05, 3.63) is 12.4 Å². The highest BCUT2D eigenvalue weighted by Crippen LogP contribution is 2.20. The molecule has 1 saturated heterocycles. The number of morpholine rings is 1. The van der Waals surface area contributed by atoms with Crippen LogP contribution in [0.3, 0.4) is 0 Å². The summed E-state index contributed by atoms with van der Waals surface area (Å²) < 4.78 is 7.61. The maximum atomic E-state index is 9.24. The molecule has 0 amide bonds. The number of nitrogen functional groups attached to an aromatic ring is 1. The van der Waals surface area contributed by atoms with Gasteiger partial charge in [0.15, 0.2) is 0 Å². The second-order valence-electron chi connectivity index (χ2n) is 5.45. The number of hydrogen-bond donors (Lipinski definition) is 2. The van der Waals surface area contributed by atoms with Gasteiger partial charge in [-0.15, -0.1) is 0 Å². The van der Waals surface area contributed by atoms with Crippen molar-refractivity contribution in [2.75, 3.05) is 32.0 Å². The van der Waals surface area contributed by atoms with E-state index in [1.165, 1.54) is 0 Å². The fourth-order valence-electron chi connectivity index (χ4n) is 2.43. The molecule has 3 N–H and O–H groups in total. The van der Waals surface area contributed by atoms with E-state index in [9.17, 15) is 5.11 Å². The molecule has 6 heteroatoms. The minimum atomic E-state index is -0.214. The minimum Gasteiger partial charge on any atom is -0.396 e. The predicted molar refractivity (Wildman–Crippen MR) is 69.1 cm³/mol. The lowest BCUT2D eigenvalue weighted by atomic mass is 10.1. The molecule has 0 radical (unpaired) electrons. The molecule has 0 bridgehead atoms. The molecule has 0 saturated carbocycles. The van der Waals surface area contributed by atoms with Crippen LogP contribution in [0.15, 0.2) is 12.4 Å². The van der Waals surface area contributed by atoms with E-state index in [1.54, 1.807) is 6.20 Å². The second kappa shape index (κ2) is 5.26. The van der Waals surface area contributed by atoms with Gasteiger partial charge in [0.2, 0.25) is 0 Å². The molecule has 0 spiro atoms. The van der Waals surface area contributed by atoms with Crippen LogP contribution >= 0.6 is 0 Å². The molecule has 2 heterocycles. The molecule has 6 nitrogen and oxygen atoms in total. The third-order valence-electron chi connectivity index (χ3n) is 3.05. The monoisotopic (exact) mass is 254 g/mol. The number of rotatable bonds is 4. The molecule has 0 aromatic carbocycles. The first-order valence-electron chi connectivity index (χ1n) is 6.27. The van der Waals surface area contributed by atoms with E-state index in [0.29, 0.717) is 5.69 Å². The van der Waals surface area contributed by atoms with Crippen molar-refractivity contribution in [3.63, 3.8) is 0 Å².